The summed E-state index contributed by atoms with van der Waals surface area (Å²) in [6.45, 7) is 4.33. The molecule has 0 radical (unpaired) electrons. The average molecular weight is 356 g/mol. The predicted octanol–water partition coefficient (Wildman–Crippen LogP) is 3.11. The van der Waals surface area contributed by atoms with Crippen molar-refractivity contribution >= 4 is 17.5 Å². The van der Waals surface area contributed by atoms with Crippen molar-refractivity contribution in [3.05, 3.63) is 64.9 Å². The van der Waals surface area contributed by atoms with Crippen LogP contribution in [0.25, 0.3) is 0 Å². The van der Waals surface area contributed by atoms with Gasteiger partial charge in [-0.25, -0.2) is 0 Å². The molecule has 1 aliphatic heterocycles. The van der Waals surface area contributed by atoms with E-state index in [1.54, 1.807) is 6.20 Å². The Hall–Kier alpha value is -1.91. The van der Waals surface area contributed by atoms with Crippen molar-refractivity contribution in [1.82, 2.24) is 14.8 Å². The van der Waals surface area contributed by atoms with Crippen molar-refractivity contribution < 1.29 is 4.79 Å². The second kappa shape index (κ2) is 6.77. The molecule has 1 aromatic heterocycles. The van der Waals surface area contributed by atoms with E-state index in [-0.39, 0.29) is 11.3 Å². The number of halogens is 1. The lowest BCUT2D eigenvalue weighted by Gasteiger charge is -2.36. The minimum Gasteiger partial charge on any atom is -0.339 e. The number of nitrogens with zero attached hydrogens (tertiary/aromatic N) is 3. The lowest BCUT2D eigenvalue weighted by molar-refractivity contribution is -0.135. The zero-order chi connectivity index (χ0) is 17.3. The average Bonchev–Trinajstić information content (AvgIpc) is 3.45. The van der Waals surface area contributed by atoms with Crippen LogP contribution in [0.1, 0.15) is 24.0 Å². The minimum atomic E-state index is -0.296. The second-order valence-corrected chi connectivity index (χ2v) is 7.46. The molecule has 0 unspecified atom stereocenters. The first-order valence-corrected chi connectivity index (χ1v) is 9.22. The van der Waals surface area contributed by atoms with Gasteiger partial charge in [0, 0.05) is 50.1 Å². The zero-order valence-electron chi connectivity index (χ0n) is 14.2. The summed E-state index contributed by atoms with van der Waals surface area (Å²) < 4.78 is 0. The van der Waals surface area contributed by atoms with E-state index in [2.05, 4.69) is 16.0 Å². The summed E-state index contributed by atoms with van der Waals surface area (Å²) in [5.74, 6) is 0.288. The van der Waals surface area contributed by atoms with Gasteiger partial charge >= 0.3 is 0 Å². The van der Waals surface area contributed by atoms with Gasteiger partial charge < -0.3 is 4.90 Å². The molecule has 0 spiro atoms. The highest BCUT2D eigenvalue weighted by atomic mass is 35.5. The Morgan fingerprint density at radius 3 is 2.40 bits per heavy atom. The van der Waals surface area contributed by atoms with E-state index in [9.17, 15) is 4.79 Å². The molecule has 1 aromatic carbocycles. The number of carbonyl (C=O) groups is 1. The third-order valence-corrected chi connectivity index (χ3v) is 5.60. The van der Waals surface area contributed by atoms with Gasteiger partial charge in [-0.3, -0.25) is 14.7 Å². The van der Waals surface area contributed by atoms with E-state index < -0.39 is 0 Å². The van der Waals surface area contributed by atoms with Crippen LogP contribution in [-0.4, -0.2) is 46.9 Å². The summed E-state index contributed by atoms with van der Waals surface area (Å²) in [6, 6.07) is 11.9. The van der Waals surface area contributed by atoms with Crippen LogP contribution in [0.2, 0.25) is 5.02 Å². The molecule has 1 saturated heterocycles. The smallest absolute Gasteiger partial charge is 0.233 e. The molecule has 1 saturated carbocycles. The first-order valence-electron chi connectivity index (χ1n) is 8.84. The highest BCUT2D eigenvalue weighted by molar-refractivity contribution is 6.30. The van der Waals surface area contributed by atoms with E-state index in [1.165, 1.54) is 5.56 Å². The minimum absolute atomic E-state index is 0.288. The van der Waals surface area contributed by atoms with Gasteiger partial charge in [0.25, 0.3) is 0 Å². The summed E-state index contributed by atoms with van der Waals surface area (Å²) in [7, 11) is 0. The molecule has 130 valence electrons. The molecular formula is C20H22ClN3O. The van der Waals surface area contributed by atoms with Gasteiger partial charge in [0.15, 0.2) is 0 Å². The number of aromatic nitrogens is 1. The number of rotatable bonds is 4. The zero-order valence-corrected chi connectivity index (χ0v) is 15.0. The summed E-state index contributed by atoms with van der Waals surface area (Å²) in [6.07, 6.45) is 5.61. The van der Waals surface area contributed by atoms with E-state index in [0.717, 1.165) is 56.2 Å². The fourth-order valence-electron chi connectivity index (χ4n) is 3.68. The van der Waals surface area contributed by atoms with Crippen molar-refractivity contribution in [2.24, 2.45) is 0 Å². The standard InChI is InChI=1S/C20H22ClN3O/c21-18-5-3-17(4-6-18)20(7-8-20)19(25)24-12-10-23(11-13-24)15-16-2-1-9-22-14-16/h1-6,9,14H,7-8,10-13,15H2. The van der Waals surface area contributed by atoms with E-state index >= 15 is 0 Å². The molecule has 1 aliphatic carbocycles. The number of amides is 1. The summed E-state index contributed by atoms with van der Waals surface area (Å²) in [4.78, 5) is 21.7. The van der Waals surface area contributed by atoms with Crippen LogP contribution < -0.4 is 0 Å². The lowest BCUT2D eigenvalue weighted by Crippen LogP contribution is -2.51. The number of hydrogen-bond donors (Lipinski definition) is 0. The number of hydrogen-bond acceptors (Lipinski definition) is 3. The molecular weight excluding hydrogens is 334 g/mol. The third kappa shape index (κ3) is 3.42. The third-order valence-electron chi connectivity index (χ3n) is 5.34. The van der Waals surface area contributed by atoms with E-state index in [1.807, 2.05) is 41.4 Å². The monoisotopic (exact) mass is 355 g/mol. The Morgan fingerprint density at radius 1 is 1.08 bits per heavy atom. The highest BCUT2D eigenvalue weighted by Gasteiger charge is 2.53. The van der Waals surface area contributed by atoms with Crippen molar-refractivity contribution in [2.45, 2.75) is 24.8 Å². The molecule has 0 bridgehead atoms. The van der Waals surface area contributed by atoms with Crippen LogP contribution in [-0.2, 0) is 16.8 Å². The van der Waals surface area contributed by atoms with Crippen LogP contribution >= 0.6 is 11.6 Å². The quantitative estimate of drug-likeness (QED) is 0.845. The molecule has 4 nitrogen and oxygen atoms in total. The van der Waals surface area contributed by atoms with Crippen molar-refractivity contribution in [2.75, 3.05) is 26.2 Å². The Balaban J connectivity index is 1.37. The molecule has 4 rings (SSSR count). The van der Waals surface area contributed by atoms with Gasteiger partial charge in [0.1, 0.15) is 0 Å². The maximum atomic E-state index is 13.1. The molecule has 25 heavy (non-hydrogen) atoms. The topological polar surface area (TPSA) is 36.4 Å². The first-order chi connectivity index (χ1) is 12.2. The number of piperazine rings is 1. The van der Waals surface area contributed by atoms with Gasteiger partial charge in [-0.1, -0.05) is 29.8 Å². The largest absolute Gasteiger partial charge is 0.339 e. The summed E-state index contributed by atoms with van der Waals surface area (Å²) >= 11 is 5.99. The number of carbonyl (C=O) groups excluding carboxylic acids is 1. The Kier molecular flexibility index (Phi) is 4.48. The van der Waals surface area contributed by atoms with Gasteiger partial charge in [0.05, 0.1) is 5.41 Å². The van der Waals surface area contributed by atoms with Crippen LogP contribution in [0.15, 0.2) is 48.8 Å². The van der Waals surface area contributed by atoms with Gasteiger partial charge in [-0.05, 0) is 42.2 Å². The molecule has 2 aliphatic rings. The first kappa shape index (κ1) is 16.6. The maximum absolute atomic E-state index is 13.1. The summed E-state index contributed by atoms with van der Waals surface area (Å²) in [5.41, 5.74) is 2.04. The van der Waals surface area contributed by atoms with E-state index in [4.69, 9.17) is 11.6 Å². The van der Waals surface area contributed by atoms with E-state index in [0.29, 0.717) is 0 Å². The van der Waals surface area contributed by atoms with Gasteiger partial charge in [-0.15, -0.1) is 0 Å². The molecule has 1 amide bonds. The van der Waals surface area contributed by atoms with Crippen LogP contribution in [0.4, 0.5) is 0 Å². The molecule has 2 aromatic rings. The second-order valence-electron chi connectivity index (χ2n) is 7.02. The molecule has 0 atom stereocenters. The van der Waals surface area contributed by atoms with Crippen molar-refractivity contribution in [3.8, 4) is 0 Å². The molecule has 0 N–H and O–H groups in total. The fraction of sp³-hybridized carbons (Fsp3) is 0.400. The predicted molar refractivity (Wildman–Crippen MR) is 98.5 cm³/mol. The maximum Gasteiger partial charge on any atom is 0.233 e. The van der Waals surface area contributed by atoms with Crippen molar-refractivity contribution in [1.29, 1.82) is 0 Å². The van der Waals surface area contributed by atoms with Gasteiger partial charge in [0.2, 0.25) is 5.91 Å². The Bertz CT molecular complexity index is 735. The Morgan fingerprint density at radius 2 is 1.80 bits per heavy atom. The summed E-state index contributed by atoms with van der Waals surface area (Å²) in [5, 5.41) is 0.719. The molecule has 2 heterocycles. The van der Waals surface area contributed by atoms with Crippen molar-refractivity contribution in [3.63, 3.8) is 0 Å². The van der Waals surface area contributed by atoms with Crippen LogP contribution in [0, 0.1) is 0 Å². The molecule has 2 fully saturated rings. The highest BCUT2D eigenvalue weighted by Crippen LogP contribution is 2.49. The number of benzene rings is 1. The number of pyridine rings is 1. The van der Waals surface area contributed by atoms with Gasteiger partial charge in [-0.2, -0.15) is 0 Å². The van der Waals surface area contributed by atoms with Crippen LogP contribution in [0.5, 0.6) is 0 Å². The lowest BCUT2D eigenvalue weighted by atomic mass is 9.94. The molecule has 5 heteroatoms. The Labute approximate surface area is 153 Å². The fourth-order valence-corrected chi connectivity index (χ4v) is 3.81. The SMILES string of the molecule is O=C(N1CCN(Cc2cccnc2)CC1)C1(c2ccc(Cl)cc2)CC1. The van der Waals surface area contributed by atoms with Crippen LogP contribution in [0.3, 0.4) is 0 Å². The normalized spacial score (nSPS) is 19.6.